The minimum Gasteiger partial charge on any atom is -0.474 e. The highest BCUT2D eigenvalue weighted by Gasteiger charge is 2.51. The Balaban J connectivity index is 1.45. The van der Waals surface area contributed by atoms with Gasteiger partial charge in [-0.3, -0.25) is 4.90 Å². The fourth-order valence-electron chi connectivity index (χ4n) is 4.36. The molecule has 146 valence electrons. The largest absolute Gasteiger partial charge is 0.474 e. The van der Waals surface area contributed by atoms with Crippen molar-refractivity contribution in [2.24, 2.45) is 0 Å². The van der Waals surface area contributed by atoms with Gasteiger partial charge in [0.05, 0.1) is 12.1 Å². The van der Waals surface area contributed by atoms with Gasteiger partial charge in [0.25, 0.3) is 0 Å². The number of fused-ring (bicyclic) bond motifs is 1. The van der Waals surface area contributed by atoms with Crippen LogP contribution < -0.4 is 4.74 Å². The predicted octanol–water partition coefficient (Wildman–Crippen LogP) is 2.20. The van der Waals surface area contributed by atoms with Gasteiger partial charge in [-0.15, -0.1) is 0 Å². The average Bonchev–Trinajstić information content (AvgIpc) is 3.29. The smallest absolute Gasteiger partial charge is 0.240 e. The number of methoxy groups -OCH3 is 2. The lowest BCUT2D eigenvalue weighted by molar-refractivity contribution is -0.0851. The van der Waals surface area contributed by atoms with Crippen LogP contribution >= 0.6 is 0 Å². The molecule has 1 saturated carbocycles. The summed E-state index contributed by atoms with van der Waals surface area (Å²) in [6, 6.07) is 5.99. The Hall–Kier alpha value is -2.03. The number of ether oxygens (including phenoxy) is 3. The van der Waals surface area contributed by atoms with Crippen molar-refractivity contribution in [3.63, 3.8) is 0 Å². The summed E-state index contributed by atoms with van der Waals surface area (Å²) in [7, 11) is 3.44. The topological polar surface area (TPSA) is 82.7 Å². The second kappa shape index (κ2) is 7.92. The Bertz CT molecular complexity index is 740. The number of hydrogen-bond acceptors (Lipinski definition) is 8. The number of likely N-dealkylation sites (tertiary alicyclic amines) is 1. The van der Waals surface area contributed by atoms with Crippen LogP contribution in [0, 0.1) is 0 Å². The minimum atomic E-state index is -0.126. The fraction of sp³-hybridized carbons (Fsp3) is 0.632. The summed E-state index contributed by atoms with van der Waals surface area (Å²) in [6.45, 7) is 1.91. The molecule has 2 fully saturated rings. The van der Waals surface area contributed by atoms with Crippen LogP contribution in [0.5, 0.6) is 5.88 Å². The Morgan fingerprint density at radius 2 is 2.22 bits per heavy atom. The molecule has 8 nitrogen and oxygen atoms in total. The zero-order chi connectivity index (χ0) is 18.7. The molecule has 4 rings (SSSR count). The number of hydrogen-bond donors (Lipinski definition) is 0. The Morgan fingerprint density at radius 3 is 3.00 bits per heavy atom. The monoisotopic (exact) mass is 374 g/mol. The zero-order valence-electron chi connectivity index (χ0n) is 15.8. The van der Waals surface area contributed by atoms with Crippen molar-refractivity contribution < 1.29 is 18.7 Å². The third-order valence-electron chi connectivity index (χ3n) is 5.70. The molecular formula is C19H26N4O4. The van der Waals surface area contributed by atoms with Crippen molar-refractivity contribution in [3.8, 4) is 5.88 Å². The Labute approximate surface area is 158 Å². The Kier molecular flexibility index (Phi) is 5.38. The van der Waals surface area contributed by atoms with Crippen LogP contribution in [-0.4, -0.2) is 58.5 Å². The Morgan fingerprint density at radius 1 is 1.30 bits per heavy atom. The van der Waals surface area contributed by atoms with Crippen molar-refractivity contribution in [3.05, 3.63) is 36.1 Å². The molecule has 3 atom stereocenters. The average molecular weight is 374 g/mol. The highest BCUT2D eigenvalue weighted by Crippen LogP contribution is 2.43. The lowest BCUT2D eigenvalue weighted by Crippen LogP contribution is -2.52. The van der Waals surface area contributed by atoms with E-state index in [1.165, 1.54) is 0 Å². The van der Waals surface area contributed by atoms with E-state index in [4.69, 9.17) is 18.7 Å². The molecule has 0 bridgehead atoms. The third-order valence-corrected chi connectivity index (χ3v) is 5.70. The van der Waals surface area contributed by atoms with Gasteiger partial charge < -0.3 is 18.7 Å². The fourth-order valence-corrected chi connectivity index (χ4v) is 4.36. The van der Waals surface area contributed by atoms with Gasteiger partial charge in [-0.2, -0.15) is 4.98 Å². The number of rotatable bonds is 7. The first-order chi connectivity index (χ1) is 13.2. The molecule has 27 heavy (non-hydrogen) atoms. The molecule has 3 heterocycles. The van der Waals surface area contributed by atoms with Crippen molar-refractivity contribution in [2.45, 2.75) is 56.6 Å². The summed E-state index contributed by atoms with van der Waals surface area (Å²) in [5, 5.41) is 3.96. The van der Waals surface area contributed by atoms with E-state index in [0.29, 0.717) is 30.7 Å². The first-order valence-corrected chi connectivity index (χ1v) is 9.40. The van der Waals surface area contributed by atoms with Crippen molar-refractivity contribution >= 4 is 0 Å². The quantitative estimate of drug-likeness (QED) is 0.729. The summed E-state index contributed by atoms with van der Waals surface area (Å²) in [4.78, 5) is 11.1. The summed E-state index contributed by atoms with van der Waals surface area (Å²) in [6.07, 6.45) is 5.72. The molecule has 2 aromatic rings. The van der Waals surface area contributed by atoms with E-state index >= 15 is 0 Å². The number of pyridine rings is 1. The van der Waals surface area contributed by atoms with E-state index in [9.17, 15) is 0 Å². The van der Waals surface area contributed by atoms with E-state index in [-0.39, 0.29) is 17.7 Å². The van der Waals surface area contributed by atoms with Gasteiger partial charge in [-0.05, 0) is 25.3 Å². The lowest BCUT2D eigenvalue weighted by Gasteiger charge is -2.43. The van der Waals surface area contributed by atoms with Crippen LogP contribution in [0.3, 0.4) is 0 Å². The minimum absolute atomic E-state index is 0.125. The van der Waals surface area contributed by atoms with Gasteiger partial charge >= 0.3 is 0 Å². The van der Waals surface area contributed by atoms with Crippen LogP contribution in [0.15, 0.2) is 28.9 Å². The summed E-state index contributed by atoms with van der Waals surface area (Å²) in [5.74, 6) is 1.87. The molecule has 2 aliphatic rings. The highest BCUT2D eigenvalue weighted by molar-refractivity contribution is 5.12. The van der Waals surface area contributed by atoms with Crippen LogP contribution in [0.1, 0.15) is 37.4 Å². The normalized spacial score (nSPS) is 28.2. The predicted molar refractivity (Wildman–Crippen MR) is 96.1 cm³/mol. The SMILES string of the molecule is COCc1noc(CN2CC[C@]3(OC)CC[C@@H](Oc4ccccn4)C[C@H]23)n1. The van der Waals surface area contributed by atoms with Crippen molar-refractivity contribution in [1.29, 1.82) is 0 Å². The molecule has 1 aliphatic carbocycles. The standard InChI is InChI=1S/C19H26N4O4/c1-24-13-16-21-18(27-22-16)12-23-10-8-19(25-2)7-6-14(11-15(19)23)26-17-5-3-4-9-20-17/h3-5,9,14-15H,6-8,10-13H2,1-2H3/t14-,15+,19-/m1/s1. The first kappa shape index (κ1) is 18.3. The maximum atomic E-state index is 6.13. The maximum absolute atomic E-state index is 6.13. The summed E-state index contributed by atoms with van der Waals surface area (Å²) >= 11 is 0. The second-order valence-electron chi connectivity index (χ2n) is 7.22. The lowest BCUT2D eigenvalue weighted by atomic mass is 9.79. The molecule has 1 saturated heterocycles. The van der Waals surface area contributed by atoms with Crippen molar-refractivity contribution in [1.82, 2.24) is 20.0 Å². The third kappa shape index (κ3) is 3.83. The molecule has 0 amide bonds. The second-order valence-corrected chi connectivity index (χ2v) is 7.22. The maximum Gasteiger partial charge on any atom is 0.240 e. The van der Waals surface area contributed by atoms with Gasteiger partial charge in [0.1, 0.15) is 12.7 Å². The molecule has 1 aliphatic heterocycles. The highest BCUT2D eigenvalue weighted by atomic mass is 16.5. The molecule has 0 unspecified atom stereocenters. The van der Waals surface area contributed by atoms with E-state index in [1.807, 2.05) is 25.3 Å². The molecular weight excluding hydrogens is 348 g/mol. The van der Waals surface area contributed by atoms with E-state index in [0.717, 1.165) is 32.2 Å². The van der Waals surface area contributed by atoms with Crippen LogP contribution in [0.4, 0.5) is 0 Å². The van der Waals surface area contributed by atoms with E-state index in [1.54, 1.807) is 13.3 Å². The van der Waals surface area contributed by atoms with Gasteiger partial charge in [0.2, 0.25) is 11.8 Å². The molecule has 8 heteroatoms. The number of nitrogens with zero attached hydrogens (tertiary/aromatic N) is 4. The summed E-state index contributed by atoms with van der Waals surface area (Å²) < 4.78 is 22.6. The van der Waals surface area contributed by atoms with Gasteiger partial charge in [0.15, 0.2) is 5.82 Å². The summed E-state index contributed by atoms with van der Waals surface area (Å²) in [5.41, 5.74) is -0.126. The molecule has 0 spiro atoms. The molecule has 0 N–H and O–H groups in total. The first-order valence-electron chi connectivity index (χ1n) is 9.40. The van der Waals surface area contributed by atoms with Gasteiger partial charge in [0, 0.05) is 45.5 Å². The molecule has 0 aromatic carbocycles. The van der Waals surface area contributed by atoms with Crippen LogP contribution in [0.2, 0.25) is 0 Å². The van der Waals surface area contributed by atoms with E-state index in [2.05, 4.69) is 20.0 Å². The van der Waals surface area contributed by atoms with Gasteiger partial charge in [-0.25, -0.2) is 4.98 Å². The van der Waals surface area contributed by atoms with E-state index < -0.39 is 0 Å². The van der Waals surface area contributed by atoms with Crippen molar-refractivity contribution in [2.75, 3.05) is 20.8 Å². The zero-order valence-corrected chi connectivity index (χ0v) is 15.8. The van der Waals surface area contributed by atoms with Crippen LogP contribution in [-0.2, 0) is 22.6 Å². The number of aromatic nitrogens is 3. The molecule has 0 radical (unpaired) electrons. The van der Waals surface area contributed by atoms with Gasteiger partial charge in [-0.1, -0.05) is 11.2 Å². The molecule has 2 aromatic heterocycles. The van der Waals surface area contributed by atoms with Crippen LogP contribution in [0.25, 0.3) is 0 Å².